The minimum Gasteiger partial charge on any atom is -0.308 e. The molecule has 0 aromatic rings. The molecule has 0 saturated carbocycles. The molecule has 0 N–H and O–H groups in total. The van der Waals surface area contributed by atoms with Crippen molar-refractivity contribution in [3.8, 4) is 0 Å². The fraction of sp³-hybridized carbons (Fsp3) is 1.00. The lowest BCUT2D eigenvalue weighted by Gasteiger charge is -2.26. The molecular weight excluding hydrogens is 208 g/mol. The van der Waals surface area contributed by atoms with Crippen LogP contribution in [0.5, 0.6) is 0 Å². The molecule has 5 heteroatoms. The van der Waals surface area contributed by atoms with E-state index in [0.29, 0.717) is 5.92 Å². The summed E-state index contributed by atoms with van der Waals surface area (Å²) in [6.45, 7) is 7.85. The molecule has 0 unspecified atom stereocenters. The number of hydrogen-bond acceptors (Lipinski definition) is 3. The van der Waals surface area contributed by atoms with Crippen LogP contribution in [0.3, 0.4) is 0 Å². The van der Waals surface area contributed by atoms with Gasteiger partial charge in [0.05, 0.1) is 0 Å². The standard InChI is InChI=1S/C9H19F2NOS/c1-4-12(5-7(2)3)6-8(13-14)9(10)11/h7-9,14H,4-6H2,1-3H3/t8-/m1/s1. The molecule has 0 rings (SSSR count). The highest BCUT2D eigenvalue weighted by molar-refractivity contribution is 7.75. The summed E-state index contributed by atoms with van der Waals surface area (Å²) in [7, 11) is 0. The van der Waals surface area contributed by atoms with Gasteiger partial charge in [0.2, 0.25) is 0 Å². The van der Waals surface area contributed by atoms with Crippen LogP contribution in [-0.4, -0.2) is 37.1 Å². The first-order valence-electron chi connectivity index (χ1n) is 4.82. The average molecular weight is 227 g/mol. The summed E-state index contributed by atoms with van der Waals surface area (Å²) in [4.78, 5) is 1.94. The molecular formula is C9H19F2NOS. The van der Waals surface area contributed by atoms with Gasteiger partial charge in [-0.15, -0.1) is 0 Å². The molecule has 0 aromatic carbocycles. The Bertz CT molecular complexity index is 147. The van der Waals surface area contributed by atoms with Gasteiger partial charge in [0, 0.05) is 13.1 Å². The van der Waals surface area contributed by atoms with Gasteiger partial charge in [-0.3, -0.25) is 0 Å². The van der Waals surface area contributed by atoms with E-state index < -0.39 is 12.5 Å². The minimum absolute atomic E-state index is 0.232. The topological polar surface area (TPSA) is 12.5 Å². The molecule has 0 aliphatic carbocycles. The van der Waals surface area contributed by atoms with Crippen LogP contribution in [0.1, 0.15) is 20.8 Å². The van der Waals surface area contributed by atoms with Crippen LogP contribution in [0, 0.1) is 5.92 Å². The molecule has 0 aliphatic heterocycles. The maximum absolute atomic E-state index is 12.3. The molecule has 0 saturated heterocycles. The normalized spacial score (nSPS) is 14.4. The first-order valence-corrected chi connectivity index (χ1v) is 5.18. The van der Waals surface area contributed by atoms with Crippen molar-refractivity contribution < 1.29 is 13.0 Å². The Morgan fingerprint density at radius 1 is 1.29 bits per heavy atom. The van der Waals surface area contributed by atoms with E-state index in [4.69, 9.17) is 0 Å². The third-order valence-corrected chi connectivity index (χ3v) is 2.20. The number of rotatable bonds is 7. The molecule has 0 bridgehead atoms. The van der Waals surface area contributed by atoms with Crippen LogP contribution in [0.15, 0.2) is 0 Å². The van der Waals surface area contributed by atoms with Gasteiger partial charge in [-0.2, -0.15) is 0 Å². The Kier molecular flexibility index (Phi) is 7.49. The van der Waals surface area contributed by atoms with Crippen molar-refractivity contribution in [2.45, 2.75) is 33.3 Å². The van der Waals surface area contributed by atoms with E-state index in [-0.39, 0.29) is 6.54 Å². The number of alkyl halides is 2. The maximum Gasteiger partial charge on any atom is 0.266 e. The van der Waals surface area contributed by atoms with Crippen LogP contribution in [0.25, 0.3) is 0 Å². The molecule has 0 radical (unpaired) electrons. The summed E-state index contributed by atoms with van der Waals surface area (Å²) in [5.74, 6) is 0.466. The van der Waals surface area contributed by atoms with Crippen LogP contribution in [0.4, 0.5) is 8.78 Å². The van der Waals surface area contributed by atoms with Crippen LogP contribution in [0.2, 0.25) is 0 Å². The predicted molar refractivity (Wildman–Crippen MR) is 56.8 cm³/mol. The maximum atomic E-state index is 12.3. The molecule has 0 aliphatic rings. The van der Waals surface area contributed by atoms with E-state index >= 15 is 0 Å². The number of nitrogens with zero attached hydrogens (tertiary/aromatic N) is 1. The van der Waals surface area contributed by atoms with E-state index in [0.717, 1.165) is 13.1 Å². The van der Waals surface area contributed by atoms with Crippen LogP contribution in [-0.2, 0) is 4.18 Å². The van der Waals surface area contributed by atoms with Crippen molar-refractivity contribution in [1.82, 2.24) is 4.90 Å². The van der Waals surface area contributed by atoms with Gasteiger partial charge in [0.25, 0.3) is 6.43 Å². The van der Waals surface area contributed by atoms with Gasteiger partial charge in [-0.25, -0.2) is 8.78 Å². The smallest absolute Gasteiger partial charge is 0.266 e. The highest BCUT2D eigenvalue weighted by Crippen LogP contribution is 2.10. The van der Waals surface area contributed by atoms with E-state index in [2.05, 4.69) is 30.9 Å². The first kappa shape index (κ1) is 14.1. The highest BCUT2D eigenvalue weighted by Gasteiger charge is 2.23. The second-order valence-corrected chi connectivity index (χ2v) is 3.94. The highest BCUT2D eigenvalue weighted by atomic mass is 32.1. The summed E-state index contributed by atoms with van der Waals surface area (Å²) in [5.41, 5.74) is 0. The van der Waals surface area contributed by atoms with Crippen molar-refractivity contribution in [3.63, 3.8) is 0 Å². The van der Waals surface area contributed by atoms with Gasteiger partial charge in [0.1, 0.15) is 6.10 Å². The minimum atomic E-state index is -2.48. The number of thiol groups is 1. The largest absolute Gasteiger partial charge is 0.308 e. The Morgan fingerprint density at radius 2 is 1.86 bits per heavy atom. The van der Waals surface area contributed by atoms with Gasteiger partial charge < -0.3 is 9.08 Å². The zero-order valence-electron chi connectivity index (χ0n) is 8.91. The van der Waals surface area contributed by atoms with Gasteiger partial charge in [-0.05, 0) is 25.4 Å². The van der Waals surface area contributed by atoms with Crippen molar-refractivity contribution in [2.75, 3.05) is 19.6 Å². The fourth-order valence-corrected chi connectivity index (χ4v) is 1.42. The van der Waals surface area contributed by atoms with Crippen molar-refractivity contribution in [2.24, 2.45) is 5.92 Å². The zero-order valence-corrected chi connectivity index (χ0v) is 9.81. The summed E-state index contributed by atoms with van der Waals surface area (Å²) in [6.07, 6.45) is -3.58. The molecule has 0 amide bonds. The van der Waals surface area contributed by atoms with Gasteiger partial charge >= 0.3 is 0 Å². The van der Waals surface area contributed by atoms with Crippen LogP contribution >= 0.6 is 12.9 Å². The predicted octanol–water partition coefficient (Wildman–Crippen LogP) is 2.46. The second kappa shape index (κ2) is 7.43. The fourth-order valence-electron chi connectivity index (χ4n) is 1.26. The molecule has 14 heavy (non-hydrogen) atoms. The summed E-state index contributed by atoms with van der Waals surface area (Å²) in [6, 6.07) is 0. The third kappa shape index (κ3) is 5.78. The van der Waals surface area contributed by atoms with E-state index in [1.807, 2.05) is 11.8 Å². The molecule has 2 nitrogen and oxygen atoms in total. The van der Waals surface area contributed by atoms with Gasteiger partial charge in [-0.1, -0.05) is 20.8 Å². The quantitative estimate of drug-likeness (QED) is 0.530. The van der Waals surface area contributed by atoms with Gasteiger partial charge in [0.15, 0.2) is 0 Å². The van der Waals surface area contributed by atoms with E-state index in [9.17, 15) is 8.78 Å². The average Bonchev–Trinajstić information content (AvgIpc) is 2.10. The number of likely N-dealkylation sites (N-methyl/N-ethyl adjacent to an activating group) is 1. The summed E-state index contributed by atoms with van der Waals surface area (Å²) >= 11 is 3.45. The molecule has 0 spiro atoms. The number of hydrogen-bond donors (Lipinski definition) is 1. The first-order chi connectivity index (χ1) is 6.51. The summed E-state index contributed by atoms with van der Waals surface area (Å²) in [5, 5.41) is 0. The zero-order chi connectivity index (χ0) is 11.1. The lowest BCUT2D eigenvalue weighted by atomic mass is 10.2. The SMILES string of the molecule is CCN(CC(C)C)C[C@@H](OS)C(F)F. The van der Waals surface area contributed by atoms with E-state index in [1.54, 1.807) is 0 Å². The van der Waals surface area contributed by atoms with E-state index in [1.165, 1.54) is 0 Å². The second-order valence-electron chi connectivity index (χ2n) is 3.72. The molecule has 0 fully saturated rings. The monoisotopic (exact) mass is 227 g/mol. The molecule has 0 aromatic heterocycles. The lowest BCUT2D eigenvalue weighted by molar-refractivity contribution is 0.00301. The Hall–Kier alpha value is 0.130. The number of halogens is 2. The molecule has 0 heterocycles. The molecule has 1 atom stereocenters. The van der Waals surface area contributed by atoms with Crippen LogP contribution < -0.4 is 0 Å². The third-order valence-electron chi connectivity index (χ3n) is 1.93. The Morgan fingerprint density at radius 3 is 2.14 bits per heavy atom. The Labute approximate surface area is 90.2 Å². The molecule has 86 valence electrons. The van der Waals surface area contributed by atoms with Crippen molar-refractivity contribution >= 4 is 12.9 Å². The van der Waals surface area contributed by atoms with Crippen molar-refractivity contribution in [3.05, 3.63) is 0 Å². The van der Waals surface area contributed by atoms with Crippen molar-refractivity contribution in [1.29, 1.82) is 0 Å². The Balaban J connectivity index is 4.00. The summed E-state index contributed by atoms with van der Waals surface area (Å²) < 4.78 is 29.1. The lowest BCUT2D eigenvalue weighted by Crippen LogP contribution is -2.38.